The Morgan fingerprint density at radius 1 is 0.850 bits per heavy atom. The van der Waals surface area contributed by atoms with Gasteiger partial charge in [0.05, 0.1) is 0 Å². The Labute approximate surface area is 123 Å². The van der Waals surface area contributed by atoms with Gasteiger partial charge in [0.25, 0.3) is 0 Å². The van der Waals surface area contributed by atoms with Crippen LogP contribution in [0.25, 0.3) is 0 Å². The van der Waals surface area contributed by atoms with E-state index < -0.39 is 0 Å². The van der Waals surface area contributed by atoms with E-state index in [0.717, 1.165) is 12.8 Å². The molecule has 20 heavy (non-hydrogen) atoms. The summed E-state index contributed by atoms with van der Waals surface area (Å²) in [6.45, 7) is 12.6. The first-order valence-electron chi connectivity index (χ1n) is 7.84. The first-order valence-corrected chi connectivity index (χ1v) is 7.84. The molecule has 0 saturated heterocycles. The second-order valence-corrected chi connectivity index (χ2v) is 4.76. The number of nitrogens with zero attached hydrogens (tertiary/aromatic N) is 2. The highest BCUT2D eigenvalue weighted by Gasteiger charge is 2.17. The minimum Gasteiger partial charge on any atom is -0.340 e. The van der Waals surface area contributed by atoms with Gasteiger partial charge in [0.1, 0.15) is 0 Å². The summed E-state index contributed by atoms with van der Waals surface area (Å²) < 4.78 is 0. The second kappa shape index (κ2) is 10.5. The lowest BCUT2D eigenvalue weighted by Crippen LogP contribution is -2.34. The number of carbonyl (C=O) groups excluding carboxylic acids is 2. The number of hydrogen-bond acceptors (Lipinski definition) is 2. The summed E-state index contributed by atoms with van der Waals surface area (Å²) >= 11 is 0. The smallest absolute Gasteiger partial charge is 0.249 e. The summed E-state index contributed by atoms with van der Waals surface area (Å²) in [6.07, 6.45) is 4.18. The molecule has 0 radical (unpaired) electrons. The van der Waals surface area contributed by atoms with Gasteiger partial charge in [-0.2, -0.15) is 0 Å². The van der Waals surface area contributed by atoms with E-state index in [1.165, 1.54) is 0 Å². The maximum absolute atomic E-state index is 12.4. The Bertz CT molecular complexity index is 329. The summed E-state index contributed by atoms with van der Waals surface area (Å²) in [5.41, 5.74) is 0.646. The zero-order valence-corrected chi connectivity index (χ0v) is 13.7. The van der Waals surface area contributed by atoms with Gasteiger partial charge in [-0.1, -0.05) is 13.3 Å². The Balaban J connectivity index is 5.12. The van der Waals surface area contributed by atoms with Crippen LogP contribution in [0.4, 0.5) is 0 Å². The third-order valence-electron chi connectivity index (χ3n) is 3.50. The zero-order chi connectivity index (χ0) is 15.5. The highest BCUT2D eigenvalue weighted by molar-refractivity contribution is 6.00. The van der Waals surface area contributed by atoms with Crippen LogP contribution in [-0.2, 0) is 9.59 Å². The van der Waals surface area contributed by atoms with Gasteiger partial charge in [0.15, 0.2) is 0 Å². The van der Waals surface area contributed by atoms with Crippen LogP contribution in [0.2, 0.25) is 0 Å². The molecule has 0 aliphatic heterocycles. The number of rotatable bonds is 9. The fourth-order valence-corrected chi connectivity index (χ4v) is 2.10. The predicted octanol–water partition coefficient (Wildman–Crippen LogP) is 2.84. The molecule has 0 N–H and O–H groups in total. The van der Waals surface area contributed by atoms with Crippen molar-refractivity contribution >= 4 is 11.8 Å². The minimum atomic E-state index is -0.0541. The molecule has 0 aromatic rings. The maximum atomic E-state index is 12.4. The number of carbonyl (C=O) groups is 2. The van der Waals surface area contributed by atoms with Gasteiger partial charge < -0.3 is 9.80 Å². The number of unbranched alkanes of at least 4 members (excludes halogenated alkanes) is 1. The van der Waals surface area contributed by atoms with E-state index in [0.29, 0.717) is 38.2 Å². The van der Waals surface area contributed by atoms with Gasteiger partial charge in [-0.15, -0.1) is 0 Å². The SMILES string of the molecule is CCCC/C(=C/C(=O)N(CC)CC)C(=O)N(CC)CC. The standard InChI is InChI=1S/C16H30N2O2/c1-6-11-12-14(16(20)18(9-4)10-5)13-15(19)17(7-2)8-3/h13H,6-12H2,1-5H3/b14-13-. The van der Waals surface area contributed by atoms with Crippen molar-refractivity contribution in [3.05, 3.63) is 11.6 Å². The molecule has 0 saturated carbocycles. The van der Waals surface area contributed by atoms with Crippen LogP contribution >= 0.6 is 0 Å². The summed E-state index contributed by atoms with van der Waals surface area (Å²) in [6, 6.07) is 0. The molecular formula is C16H30N2O2. The van der Waals surface area contributed by atoms with Crippen LogP contribution in [-0.4, -0.2) is 47.8 Å². The first-order chi connectivity index (χ1) is 9.55. The number of likely N-dealkylation sites (N-methyl/N-ethyl adjacent to an activating group) is 2. The molecule has 0 heterocycles. The molecule has 0 rings (SSSR count). The quantitative estimate of drug-likeness (QED) is 0.610. The van der Waals surface area contributed by atoms with Crippen molar-refractivity contribution in [2.24, 2.45) is 0 Å². The van der Waals surface area contributed by atoms with E-state index in [-0.39, 0.29) is 11.8 Å². The fourth-order valence-electron chi connectivity index (χ4n) is 2.10. The Kier molecular flexibility index (Phi) is 9.77. The van der Waals surface area contributed by atoms with Crippen LogP contribution in [0.1, 0.15) is 53.9 Å². The summed E-state index contributed by atoms with van der Waals surface area (Å²) in [7, 11) is 0. The predicted molar refractivity (Wildman–Crippen MR) is 83.5 cm³/mol. The lowest BCUT2D eigenvalue weighted by atomic mass is 10.1. The van der Waals surface area contributed by atoms with E-state index in [1.54, 1.807) is 15.9 Å². The molecule has 0 aromatic carbocycles. The summed E-state index contributed by atoms with van der Waals surface area (Å²) in [5, 5.41) is 0. The van der Waals surface area contributed by atoms with Crippen molar-refractivity contribution in [2.45, 2.75) is 53.9 Å². The molecule has 0 aliphatic rings. The molecule has 0 aromatic heterocycles. The van der Waals surface area contributed by atoms with Gasteiger partial charge in [-0.25, -0.2) is 0 Å². The molecule has 4 nitrogen and oxygen atoms in total. The molecule has 0 bridgehead atoms. The molecule has 0 unspecified atom stereocenters. The van der Waals surface area contributed by atoms with Crippen LogP contribution in [0.3, 0.4) is 0 Å². The average Bonchev–Trinajstić information content (AvgIpc) is 2.45. The largest absolute Gasteiger partial charge is 0.340 e. The van der Waals surface area contributed by atoms with E-state index in [2.05, 4.69) is 6.92 Å². The van der Waals surface area contributed by atoms with E-state index >= 15 is 0 Å². The van der Waals surface area contributed by atoms with Crippen molar-refractivity contribution in [1.29, 1.82) is 0 Å². The highest BCUT2D eigenvalue weighted by Crippen LogP contribution is 2.12. The maximum Gasteiger partial charge on any atom is 0.249 e. The molecule has 0 spiro atoms. The second-order valence-electron chi connectivity index (χ2n) is 4.76. The number of amides is 2. The van der Waals surface area contributed by atoms with E-state index in [1.807, 2.05) is 27.7 Å². The normalized spacial score (nSPS) is 11.3. The van der Waals surface area contributed by atoms with E-state index in [4.69, 9.17) is 0 Å². The monoisotopic (exact) mass is 282 g/mol. The fraction of sp³-hybridized carbons (Fsp3) is 0.750. The molecule has 0 atom stereocenters. The van der Waals surface area contributed by atoms with Crippen LogP contribution in [0.15, 0.2) is 11.6 Å². The minimum absolute atomic E-state index is 0.00366. The molecule has 4 heteroatoms. The summed E-state index contributed by atoms with van der Waals surface area (Å²) in [4.78, 5) is 28.1. The average molecular weight is 282 g/mol. The zero-order valence-electron chi connectivity index (χ0n) is 13.7. The van der Waals surface area contributed by atoms with Gasteiger partial charge in [0, 0.05) is 37.8 Å². The van der Waals surface area contributed by atoms with Crippen LogP contribution in [0, 0.1) is 0 Å². The first kappa shape index (κ1) is 18.7. The molecule has 116 valence electrons. The Hall–Kier alpha value is -1.32. The number of hydrogen-bond donors (Lipinski definition) is 0. The Morgan fingerprint density at radius 3 is 1.75 bits per heavy atom. The summed E-state index contributed by atoms with van der Waals surface area (Å²) in [5.74, 6) is -0.0504. The van der Waals surface area contributed by atoms with Gasteiger partial charge in [-0.3, -0.25) is 9.59 Å². The van der Waals surface area contributed by atoms with Gasteiger partial charge in [-0.05, 0) is 40.5 Å². The lowest BCUT2D eigenvalue weighted by Gasteiger charge is -2.22. The van der Waals surface area contributed by atoms with Crippen molar-refractivity contribution < 1.29 is 9.59 Å². The van der Waals surface area contributed by atoms with Crippen molar-refractivity contribution in [1.82, 2.24) is 9.80 Å². The highest BCUT2D eigenvalue weighted by atomic mass is 16.2. The van der Waals surface area contributed by atoms with Gasteiger partial charge >= 0.3 is 0 Å². The van der Waals surface area contributed by atoms with Crippen molar-refractivity contribution in [3.8, 4) is 0 Å². The topological polar surface area (TPSA) is 40.6 Å². The van der Waals surface area contributed by atoms with Gasteiger partial charge in [0.2, 0.25) is 11.8 Å². The third kappa shape index (κ3) is 5.76. The van der Waals surface area contributed by atoms with Crippen LogP contribution < -0.4 is 0 Å². The third-order valence-corrected chi connectivity index (χ3v) is 3.50. The molecular weight excluding hydrogens is 252 g/mol. The van der Waals surface area contributed by atoms with Crippen molar-refractivity contribution in [3.63, 3.8) is 0 Å². The van der Waals surface area contributed by atoms with Crippen molar-refractivity contribution in [2.75, 3.05) is 26.2 Å². The molecule has 0 fully saturated rings. The lowest BCUT2D eigenvalue weighted by molar-refractivity contribution is -0.129. The Morgan fingerprint density at radius 2 is 1.35 bits per heavy atom. The molecule has 0 aliphatic carbocycles. The van der Waals surface area contributed by atoms with Crippen LogP contribution in [0.5, 0.6) is 0 Å². The molecule has 2 amide bonds. The van der Waals surface area contributed by atoms with E-state index in [9.17, 15) is 9.59 Å².